The predicted molar refractivity (Wildman–Crippen MR) is 118 cm³/mol. The quantitative estimate of drug-likeness (QED) is 0.455. The van der Waals surface area contributed by atoms with Gasteiger partial charge < -0.3 is 20.7 Å². The van der Waals surface area contributed by atoms with E-state index in [1.54, 1.807) is 6.07 Å². The Morgan fingerprint density at radius 3 is 2.35 bits per heavy atom. The van der Waals surface area contributed by atoms with Crippen LogP contribution in [-0.4, -0.2) is 29.8 Å². The molecule has 0 spiro atoms. The number of hydrogen-bond acceptors (Lipinski definition) is 5. The Bertz CT molecular complexity index is 1250. The number of nitrogens with zero attached hydrogens (tertiary/aromatic N) is 1. The van der Waals surface area contributed by atoms with Crippen LogP contribution in [0.15, 0.2) is 60.8 Å². The molecule has 0 aliphatic rings. The van der Waals surface area contributed by atoms with Gasteiger partial charge in [-0.05, 0) is 36.4 Å². The van der Waals surface area contributed by atoms with E-state index < -0.39 is 29.5 Å². The third-order valence-electron chi connectivity index (χ3n) is 4.27. The van der Waals surface area contributed by atoms with Crippen molar-refractivity contribution in [3.8, 4) is 11.5 Å². The smallest absolute Gasteiger partial charge is 0.416 e. The minimum atomic E-state index is -4.65. The summed E-state index contributed by atoms with van der Waals surface area (Å²) >= 11 is 5.83. The standard InChI is InChI=1S/C22H16ClF3N4O4/c1-27-19(31)18-11-15(7-8-28-18)34-14-4-2-3-13(10-14)29-20(32)21(33)30-17-9-12(22(24,25)26)5-6-16(17)23/h2-11H,1H3,(H,27,31)(H,29,32)(H,30,33). The Morgan fingerprint density at radius 1 is 0.941 bits per heavy atom. The highest BCUT2D eigenvalue weighted by molar-refractivity contribution is 6.44. The molecule has 176 valence electrons. The highest BCUT2D eigenvalue weighted by Gasteiger charge is 2.31. The number of halogens is 4. The van der Waals surface area contributed by atoms with Crippen molar-refractivity contribution >= 4 is 40.7 Å². The summed E-state index contributed by atoms with van der Waals surface area (Å²) in [7, 11) is 1.46. The second kappa shape index (κ2) is 10.2. The molecule has 12 heteroatoms. The van der Waals surface area contributed by atoms with Crippen LogP contribution in [0.1, 0.15) is 16.1 Å². The maximum Gasteiger partial charge on any atom is 0.416 e. The van der Waals surface area contributed by atoms with E-state index in [0.29, 0.717) is 11.8 Å². The Hall–Kier alpha value is -4.12. The summed E-state index contributed by atoms with van der Waals surface area (Å²) in [6.07, 6.45) is -3.27. The zero-order chi connectivity index (χ0) is 24.9. The van der Waals surface area contributed by atoms with Crippen molar-refractivity contribution in [3.63, 3.8) is 0 Å². The molecule has 34 heavy (non-hydrogen) atoms. The van der Waals surface area contributed by atoms with Crippen molar-refractivity contribution in [2.75, 3.05) is 17.7 Å². The predicted octanol–water partition coefficient (Wildman–Crippen LogP) is 4.48. The fourth-order valence-electron chi connectivity index (χ4n) is 2.66. The molecule has 0 saturated carbocycles. The van der Waals surface area contributed by atoms with Crippen LogP contribution in [0.4, 0.5) is 24.5 Å². The van der Waals surface area contributed by atoms with Crippen molar-refractivity contribution in [2.45, 2.75) is 6.18 Å². The average Bonchev–Trinajstić information content (AvgIpc) is 2.79. The maximum atomic E-state index is 12.9. The lowest BCUT2D eigenvalue weighted by molar-refractivity contribution is -0.137. The number of carbonyl (C=O) groups is 3. The van der Waals surface area contributed by atoms with Crippen LogP contribution in [-0.2, 0) is 15.8 Å². The van der Waals surface area contributed by atoms with Gasteiger partial charge in [0.1, 0.15) is 17.2 Å². The fourth-order valence-corrected chi connectivity index (χ4v) is 2.83. The van der Waals surface area contributed by atoms with Crippen LogP contribution < -0.4 is 20.7 Å². The van der Waals surface area contributed by atoms with E-state index in [0.717, 1.165) is 12.1 Å². The highest BCUT2D eigenvalue weighted by atomic mass is 35.5. The second-order valence-corrected chi connectivity index (χ2v) is 7.09. The first kappa shape index (κ1) is 24.5. The molecule has 0 atom stereocenters. The topological polar surface area (TPSA) is 109 Å². The number of alkyl halides is 3. The van der Waals surface area contributed by atoms with Crippen molar-refractivity contribution in [1.29, 1.82) is 0 Å². The number of carbonyl (C=O) groups excluding carboxylic acids is 3. The minimum Gasteiger partial charge on any atom is -0.457 e. The Kier molecular flexibility index (Phi) is 7.37. The number of amides is 3. The van der Waals surface area contributed by atoms with E-state index in [4.69, 9.17) is 16.3 Å². The lowest BCUT2D eigenvalue weighted by Gasteiger charge is -2.12. The van der Waals surface area contributed by atoms with Crippen molar-refractivity contribution in [2.24, 2.45) is 0 Å². The molecule has 0 bridgehead atoms. The fraction of sp³-hybridized carbons (Fsp3) is 0.0909. The summed E-state index contributed by atoms with van der Waals surface area (Å²) in [6, 6.07) is 11.3. The summed E-state index contributed by atoms with van der Waals surface area (Å²) in [6.45, 7) is 0. The molecule has 3 N–H and O–H groups in total. The number of aromatic nitrogens is 1. The maximum absolute atomic E-state index is 12.9. The molecule has 0 fully saturated rings. The van der Waals surface area contributed by atoms with Gasteiger partial charge in [-0.25, -0.2) is 0 Å². The summed E-state index contributed by atoms with van der Waals surface area (Å²) in [5.41, 5.74) is -1.09. The molecular weight excluding hydrogens is 477 g/mol. The number of anilines is 2. The first-order chi connectivity index (χ1) is 16.1. The van der Waals surface area contributed by atoms with Crippen LogP contribution in [0, 0.1) is 0 Å². The SMILES string of the molecule is CNC(=O)c1cc(Oc2cccc(NC(=O)C(=O)Nc3cc(C(F)(F)F)ccc3Cl)c2)ccn1. The molecular formula is C22H16ClF3N4O4. The van der Waals surface area contributed by atoms with Crippen molar-refractivity contribution < 1.29 is 32.3 Å². The molecule has 0 unspecified atom stereocenters. The molecule has 0 radical (unpaired) electrons. The number of nitrogens with one attached hydrogen (secondary N) is 3. The normalized spacial score (nSPS) is 10.9. The van der Waals surface area contributed by atoms with Gasteiger partial charge in [0.25, 0.3) is 5.91 Å². The van der Waals surface area contributed by atoms with Gasteiger partial charge in [0.15, 0.2) is 0 Å². The molecule has 0 aliphatic carbocycles. The van der Waals surface area contributed by atoms with Gasteiger partial charge in [0, 0.05) is 31.1 Å². The minimum absolute atomic E-state index is 0.134. The zero-order valence-electron chi connectivity index (χ0n) is 17.4. The zero-order valence-corrected chi connectivity index (χ0v) is 18.1. The third kappa shape index (κ3) is 6.23. The summed E-state index contributed by atoms with van der Waals surface area (Å²) in [4.78, 5) is 40.1. The van der Waals surface area contributed by atoms with Crippen LogP contribution in [0.2, 0.25) is 5.02 Å². The lowest BCUT2D eigenvalue weighted by Crippen LogP contribution is -2.29. The first-order valence-corrected chi connectivity index (χ1v) is 9.90. The molecule has 1 heterocycles. The largest absolute Gasteiger partial charge is 0.457 e. The van der Waals surface area contributed by atoms with Gasteiger partial charge in [0.05, 0.1) is 16.3 Å². The van der Waals surface area contributed by atoms with Crippen LogP contribution in [0.3, 0.4) is 0 Å². The molecule has 3 rings (SSSR count). The van der Waals surface area contributed by atoms with Crippen LogP contribution in [0.5, 0.6) is 11.5 Å². The molecule has 8 nitrogen and oxygen atoms in total. The van der Waals surface area contributed by atoms with Gasteiger partial charge in [-0.1, -0.05) is 17.7 Å². The summed E-state index contributed by atoms with van der Waals surface area (Å²) in [5.74, 6) is -2.20. The second-order valence-electron chi connectivity index (χ2n) is 6.69. The molecule has 3 amide bonds. The molecule has 0 saturated heterocycles. The summed E-state index contributed by atoms with van der Waals surface area (Å²) in [5, 5.41) is 6.65. The number of ether oxygens (including phenoxy) is 1. The van der Waals surface area contributed by atoms with Gasteiger partial charge in [-0.2, -0.15) is 13.2 Å². The van der Waals surface area contributed by atoms with Gasteiger partial charge in [-0.15, -0.1) is 0 Å². The molecule has 2 aromatic carbocycles. The highest BCUT2D eigenvalue weighted by Crippen LogP contribution is 2.34. The summed E-state index contributed by atoms with van der Waals surface area (Å²) < 4.78 is 44.3. The van der Waals surface area contributed by atoms with E-state index in [1.807, 2.05) is 0 Å². The first-order valence-electron chi connectivity index (χ1n) is 9.52. The monoisotopic (exact) mass is 492 g/mol. The van der Waals surface area contributed by atoms with Gasteiger partial charge in [-0.3, -0.25) is 19.4 Å². The van der Waals surface area contributed by atoms with E-state index in [1.165, 1.54) is 43.6 Å². The molecule has 3 aromatic rings. The van der Waals surface area contributed by atoms with E-state index in [2.05, 4.69) is 20.9 Å². The lowest BCUT2D eigenvalue weighted by atomic mass is 10.2. The van der Waals surface area contributed by atoms with Crippen molar-refractivity contribution in [3.05, 3.63) is 77.1 Å². The number of pyridine rings is 1. The van der Waals surface area contributed by atoms with Crippen LogP contribution in [0.25, 0.3) is 0 Å². The Balaban J connectivity index is 1.69. The number of benzene rings is 2. The number of rotatable bonds is 5. The Morgan fingerprint density at radius 2 is 1.65 bits per heavy atom. The van der Waals surface area contributed by atoms with Gasteiger partial charge >= 0.3 is 18.0 Å². The number of hydrogen-bond donors (Lipinski definition) is 3. The van der Waals surface area contributed by atoms with Gasteiger partial charge in [0.2, 0.25) is 0 Å². The molecule has 1 aromatic heterocycles. The van der Waals surface area contributed by atoms with E-state index in [9.17, 15) is 27.6 Å². The molecule has 0 aliphatic heterocycles. The van der Waals surface area contributed by atoms with E-state index >= 15 is 0 Å². The van der Waals surface area contributed by atoms with Crippen molar-refractivity contribution in [1.82, 2.24) is 10.3 Å². The Labute approximate surface area is 196 Å². The van der Waals surface area contributed by atoms with Crippen LogP contribution >= 0.6 is 11.6 Å². The average molecular weight is 493 g/mol. The third-order valence-corrected chi connectivity index (χ3v) is 4.60. The van der Waals surface area contributed by atoms with E-state index in [-0.39, 0.29) is 27.8 Å².